The van der Waals surface area contributed by atoms with Crippen LogP contribution < -0.4 is 9.47 Å². The molecule has 27 heavy (non-hydrogen) atoms. The van der Waals surface area contributed by atoms with Crippen molar-refractivity contribution < 1.29 is 32.2 Å². The molecule has 2 aromatic carbocycles. The van der Waals surface area contributed by atoms with E-state index >= 15 is 0 Å². The fraction of sp³-hybridized carbons (Fsp3) is 0.235. The Balaban J connectivity index is 1.72. The lowest BCUT2D eigenvalue weighted by atomic mass is 10.1. The van der Waals surface area contributed by atoms with E-state index in [-0.39, 0.29) is 34.3 Å². The molecule has 1 aliphatic heterocycles. The van der Waals surface area contributed by atoms with Gasteiger partial charge in [0.15, 0.2) is 17.8 Å². The predicted molar refractivity (Wildman–Crippen MR) is 93.0 cm³/mol. The summed E-state index contributed by atoms with van der Waals surface area (Å²) in [6, 6.07) is 8.33. The lowest BCUT2D eigenvalue weighted by Gasteiger charge is -2.27. The average Bonchev–Trinajstić information content (AvgIpc) is 2.64. The summed E-state index contributed by atoms with van der Waals surface area (Å²) in [4.78, 5) is 21.5. The molecule has 3 rings (SSSR count). The van der Waals surface area contributed by atoms with Gasteiger partial charge in [0, 0.05) is 6.07 Å². The van der Waals surface area contributed by atoms with Crippen LogP contribution in [-0.2, 0) is 16.5 Å². The number of fused-ring (bicyclic) bond motifs is 1. The summed E-state index contributed by atoms with van der Waals surface area (Å²) >= 11 is 0. The summed E-state index contributed by atoms with van der Waals surface area (Å²) in [5.41, 5.74) is 0.292. The molecular formula is C17H15NO8S. The number of nitro benzene ring substituents is 1. The Kier molecular flexibility index (Phi) is 5.10. The first-order chi connectivity index (χ1) is 12.8. The van der Waals surface area contributed by atoms with E-state index in [0.717, 1.165) is 5.56 Å². The first-order valence-electron chi connectivity index (χ1n) is 7.92. The van der Waals surface area contributed by atoms with Gasteiger partial charge in [-0.25, -0.2) is 0 Å². The number of aryl methyl sites for hydroxylation is 1. The fourth-order valence-electron chi connectivity index (χ4n) is 2.76. The first-order valence-corrected chi connectivity index (χ1v) is 9.36. The largest absolute Gasteiger partial charge is 0.486 e. The van der Waals surface area contributed by atoms with Gasteiger partial charge >= 0.3 is 0 Å². The van der Waals surface area contributed by atoms with Gasteiger partial charge in [-0.2, -0.15) is 8.42 Å². The highest BCUT2D eigenvalue weighted by Crippen LogP contribution is 2.39. The van der Waals surface area contributed by atoms with Crippen LogP contribution >= 0.6 is 0 Å². The lowest BCUT2D eigenvalue weighted by Crippen LogP contribution is -2.30. The highest BCUT2D eigenvalue weighted by Gasteiger charge is 2.29. The zero-order chi connectivity index (χ0) is 19.6. The molecule has 0 bridgehead atoms. The van der Waals surface area contributed by atoms with Crippen LogP contribution in [-0.4, -0.2) is 36.9 Å². The summed E-state index contributed by atoms with van der Waals surface area (Å²) < 4.78 is 42.4. The molecule has 142 valence electrons. The molecule has 0 unspecified atom stereocenters. The molecule has 0 aromatic heterocycles. The molecule has 1 heterocycles. The Hall–Kier alpha value is -2.98. The Bertz CT molecular complexity index is 985. The minimum absolute atomic E-state index is 0.0529. The SMILES string of the molecule is O=Cc1c([N+](=O)[O-])ccc2c1O[C@H](CCc1ccc(S(=O)(=O)O)cc1)CO2. The van der Waals surface area contributed by atoms with Gasteiger partial charge in [-0.05, 0) is 36.6 Å². The third-order valence-electron chi connectivity index (χ3n) is 4.14. The maximum absolute atomic E-state index is 11.3. The zero-order valence-corrected chi connectivity index (χ0v) is 14.7. The molecule has 0 saturated heterocycles. The minimum Gasteiger partial charge on any atom is -0.486 e. The molecule has 2 aromatic rings. The van der Waals surface area contributed by atoms with E-state index in [9.17, 15) is 23.3 Å². The quantitative estimate of drug-likeness (QED) is 0.342. The van der Waals surface area contributed by atoms with E-state index in [1.54, 1.807) is 12.1 Å². The van der Waals surface area contributed by atoms with Gasteiger partial charge in [-0.3, -0.25) is 19.5 Å². The number of carbonyl (C=O) groups is 1. The van der Waals surface area contributed by atoms with Crippen LogP contribution in [0.1, 0.15) is 22.3 Å². The van der Waals surface area contributed by atoms with Crippen molar-refractivity contribution in [3.8, 4) is 11.5 Å². The standard InChI is InChI=1S/C17H15NO8S/c19-9-14-15(18(20)21)7-8-16-17(14)26-12(10-25-16)4-1-11-2-5-13(6-3-11)27(22,23)24/h2-3,5-9,12H,1,4,10H2,(H,22,23,24)/t12-/m1/s1. The van der Waals surface area contributed by atoms with Gasteiger partial charge in [-0.1, -0.05) is 12.1 Å². The molecule has 0 fully saturated rings. The van der Waals surface area contributed by atoms with Gasteiger partial charge in [0.1, 0.15) is 18.3 Å². The maximum Gasteiger partial charge on any atom is 0.294 e. The van der Waals surface area contributed by atoms with Gasteiger partial charge in [-0.15, -0.1) is 0 Å². The summed E-state index contributed by atoms with van der Waals surface area (Å²) in [5, 5.41) is 11.0. The second kappa shape index (κ2) is 7.33. The molecule has 1 N–H and O–H groups in total. The van der Waals surface area contributed by atoms with Crippen molar-refractivity contribution in [2.75, 3.05) is 6.61 Å². The molecule has 0 radical (unpaired) electrons. The van der Waals surface area contributed by atoms with Crippen LogP contribution in [0.15, 0.2) is 41.3 Å². The van der Waals surface area contributed by atoms with Gasteiger partial charge in [0.05, 0.1) is 9.82 Å². The number of rotatable bonds is 6. The van der Waals surface area contributed by atoms with Crippen LogP contribution in [0, 0.1) is 10.1 Å². The number of aldehydes is 1. The molecule has 0 spiro atoms. The topological polar surface area (TPSA) is 133 Å². The number of nitrogens with zero attached hydrogens (tertiary/aromatic N) is 1. The van der Waals surface area contributed by atoms with Crippen molar-refractivity contribution in [1.29, 1.82) is 0 Å². The third kappa shape index (κ3) is 4.07. The molecule has 10 heteroatoms. The number of carbonyl (C=O) groups excluding carboxylic acids is 1. The second-order valence-electron chi connectivity index (χ2n) is 5.91. The van der Waals surface area contributed by atoms with Gasteiger partial charge in [0.25, 0.3) is 15.8 Å². The molecule has 0 amide bonds. The average molecular weight is 393 g/mol. The number of hydrogen-bond acceptors (Lipinski definition) is 7. The predicted octanol–water partition coefficient (Wildman–Crippen LogP) is 2.43. The Labute approximate surface area is 154 Å². The van der Waals surface area contributed by atoms with E-state index in [1.807, 2.05) is 0 Å². The highest BCUT2D eigenvalue weighted by molar-refractivity contribution is 7.85. The van der Waals surface area contributed by atoms with Crippen LogP contribution in [0.5, 0.6) is 11.5 Å². The number of ether oxygens (including phenoxy) is 2. The number of nitro groups is 1. The highest BCUT2D eigenvalue weighted by atomic mass is 32.2. The Morgan fingerprint density at radius 1 is 1.22 bits per heavy atom. The van der Waals surface area contributed by atoms with Crippen LogP contribution in [0.2, 0.25) is 0 Å². The summed E-state index contributed by atoms with van der Waals surface area (Å²) in [6.07, 6.45) is 0.933. The first kappa shape index (κ1) is 18.8. The van der Waals surface area contributed by atoms with Crippen molar-refractivity contribution >= 4 is 22.1 Å². The monoisotopic (exact) mass is 393 g/mol. The van der Waals surface area contributed by atoms with E-state index < -0.39 is 21.1 Å². The Morgan fingerprint density at radius 3 is 2.52 bits per heavy atom. The summed E-state index contributed by atoms with van der Waals surface area (Å²) in [7, 11) is -4.24. The van der Waals surface area contributed by atoms with Crippen molar-refractivity contribution in [2.45, 2.75) is 23.8 Å². The van der Waals surface area contributed by atoms with Gasteiger partial charge < -0.3 is 9.47 Å². The molecule has 1 atom stereocenters. The molecule has 9 nitrogen and oxygen atoms in total. The fourth-order valence-corrected chi connectivity index (χ4v) is 3.24. The summed E-state index contributed by atoms with van der Waals surface area (Å²) in [5.74, 6) is 0.327. The third-order valence-corrected chi connectivity index (χ3v) is 5.00. The maximum atomic E-state index is 11.3. The van der Waals surface area contributed by atoms with Crippen LogP contribution in [0.25, 0.3) is 0 Å². The van der Waals surface area contributed by atoms with Crippen LogP contribution in [0.4, 0.5) is 5.69 Å². The van der Waals surface area contributed by atoms with Gasteiger partial charge in [0.2, 0.25) is 0 Å². The van der Waals surface area contributed by atoms with Crippen LogP contribution in [0.3, 0.4) is 0 Å². The van der Waals surface area contributed by atoms with Crippen molar-refractivity contribution in [3.05, 3.63) is 57.6 Å². The molecular weight excluding hydrogens is 378 g/mol. The minimum atomic E-state index is -4.24. The van der Waals surface area contributed by atoms with Crippen molar-refractivity contribution in [1.82, 2.24) is 0 Å². The van der Waals surface area contributed by atoms with E-state index in [4.69, 9.17) is 14.0 Å². The van der Waals surface area contributed by atoms with Crippen molar-refractivity contribution in [3.63, 3.8) is 0 Å². The smallest absolute Gasteiger partial charge is 0.294 e. The van der Waals surface area contributed by atoms with E-state index in [2.05, 4.69) is 0 Å². The Morgan fingerprint density at radius 2 is 1.93 bits per heavy atom. The van der Waals surface area contributed by atoms with E-state index in [0.29, 0.717) is 19.1 Å². The lowest BCUT2D eigenvalue weighted by molar-refractivity contribution is -0.385. The zero-order valence-electron chi connectivity index (χ0n) is 13.9. The summed E-state index contributed by atoms with van der Waals surface area (Å²) in [6.45, 7) is 0.214. The normalized spacial score (nSPS) is 16.0. The second-order valence-corrected chi connectivity index (χ2v) is 7.33. The number of benzene rings is 2. The van der Waals surface area contributed by atoms with E-state index in [1.165, 1.54) is 24.3 Å². The van der Waals surface area contributed by atoms with Crippen molar-refractivity contribution in [2.24, 2.45) is 0 Å². The molecule has 0 aliphatic carbocycles. The molecule has 1 aliphatic rings. The molecule has 0 saturated carbocycles. The number of hydrogen-bond donors (Lipinski definition) is 1.